The van der Waals surface area contributed by atoms with Crippen LogP contribution in [0.15, 0.2) is 18.2 Å². The quantitative estimate of drug-likeness (QED) is 0.798. The summed E-state index contributed by atoms with van der Waals surface area (Å²) in [6.07, 6.45) is 0.363. The van der Waals surface area contributed by atoms with Crippen LogP contribution in [0.2, 0.25) is 0 Å². The molecule has 1 aliphatic heterocycles. The third-order valence-corrected chi connectivity index (χ3v) is 3.00. The number of halogens is 1. The Morgan fingerprint density at radius 1 is 1.56 bits per heavy atom. The number of β-amino-alcohol motifs (C(OH)–C–C–N with tert-alkyl or cyclic N) is 1. The van der Waals surface area contributed by atoms with Gasteiger partial charge in [-0.3, -0.25) is 0 Å². The highest BCUT2D eigenvalue weighted by molar-refractivity contribution is 5.50. The number of rotatable bonds is 2. The lowest BCUT2D eigenvalue weighted by Gasteiger charge is -2.19. The maximum absolute atomic E-state index is 13.8. The van der Waals surface area contributed by atoms with Crippen LogP contribution in [0.5, 0.6) is 0 Å². The summed E-state index contributed by atoms with van der Waals surface area (Å²) in [6.45, 7) is 3.04. The second-order valence-electron chi connectivity index (χ2n) is 4.39. The van der Waals surface area contributed by atoms with Crippen LogP contribution in [0.1, 0.15) is 24.9 Å². The van der Waals surface area contributed by atoms with E-state index in [1.807, 2.05) is 17.9 Å². The van der Waals surface area contributed by atoms with E-state index in [0.717, 1.165) is 5.56 Å². The number of benzene rings is 1. The largest absolute Gasteiger partial charge is 0.391 e. The minimum atomic E-state index is -0.340. The first-order chi connectivity index (χ1) is 7.58. The molecule has 0 amide bonds. The molecule has 0 saturated carbocycles. The van der Waals surface area contributed by atoms with Gasteiger partial charge in [-0.2, -0.15) is 0 Å². The maximum Gasteiger partial charge on any atom is 0.146 e. The van der Waals surface area contributed by atoms with Crippen LogP contribution in [0.25, 0.3) is 0 Å². The molecule has 2 unspecified atom stereocenters. The van der Waals surface area contributed by atoms with Gasteiger partial charge in [-0.15, -0.1) is 0 Å². The van der Waals surface area contributed by atoms with Crippen molar-refractivity contribution in [2.45, 2.75) is 25.5 Å². The molecule has 1 fully saturated rings. The van der Waals surface area contributed by atoms with Crippen LogP contribution in [0.4, 0.5) is 10.1 Å². The van der Waals surface area contributed by atoms with Crippen molar-refractivity contribution >= 4 is 5.69 Å². The van der Waals surface area contributed by atoms with Crippen molar-refractivity contribution in [3.05, 3.63) is 29.6 Å². The second kappa shape index (κ2) is 4.39. The molecule has 0 spiro atoms. The molecule has 0 bridgehead atoms. The molecule has 3 N–H and O–H groups in total. The minimum Gasteiger partial charge on any atom is -0.391 e. The highest BCUT2D eigenvalue weighted by Crippen LogP contribution is 2.25. The third kappa shape index (κ3) is 2.18. The standard InChI is InChI=1S/C12H17FN2O/c1-8(14)9-2-3-12(11(13)6-9)15-5-4-10(16)7-15/h2-3,6,8,10,16H,4-5,7,14H2,1H3. The summed E-state index contributed by atoms with van der Waals surface area (Å²) < 4.78 is 13.8. The first kappa shape index (κ1) is 11.4. The summed E-state index contributed by atoms with van der Waals surface area (Å²) in [5.41, 5.74) is 7.04. The van der Waals surface area contributed by atoms with Gasteiger partial charge in [0.15, 0.2) is 0 Å². The molecule has 0 radical (unpaired) electrons. The average molecular weight is 224 g/mol. The third-order valence-electron chi connectivity index (χ3n) is 3.00. The molecule has 1 heterocycles. The van der Waals surface area contributed by atoms with E-state index in [0.29, 0.717) is 25.2 Å². The van der Waals surface area contributed by atoms with Gasteiger partial charge in [0.25, 0.3) is 0 Å². The second-order valence-corrected chi connectivity index (χ2v) is 4.39. The normalized spacial score (nSPS) is 22.5. The fraction of sp³-hybridized carbons (Fsp3) is 0.500. The van der Waals surface area contributed by atoms with E-state index in [1.54, 1.807) is 6.07 Å². The Labute approximate surface area is 94.7 Å². The molecule has 1 saturated heterocycles. The SMILES string of the molecule is CC(N)c1ccc(N2CCC(O)C2)c(F)c1. The van der Waals surface area contributed by atoms with Gasteiger partial charge in [0.1, 0.15) is 5.82 Å². The Morgan fingerprint density at radius 2 is 2.31 bits per heavy atom. The van der Waals surface area contributed by atoms with Crippen LogP contribution in [0, 0.1) is 5.82 Å². The van der Waals surface area contributed by atoms with E-state index in [2.05, 4.69) is 0 Å². The van der Waals surface area contributed by atoms with Crippen LogP contribution in [0.3, 0.4) is 0 Å². The Bertz CT molecular complexity index is 381. The number of hydrogen-bond acceptors (Lipinski definition) is 3. The number of anilines is 1. The van der Waals surface area contributed by atoms with Crippen LogP contribution < -0.4 is 10.6 Å². The van der Waals surface area contributed by atoms with Gasteiger partial charge in [0, 0.05) is 19.1 Å². The summed E-state index contributed by atoms with van der Waals surface area (Å²) in [6, 6.07) is 4.90. The lowest BCUT2D eigenvalue weighted by Crippen LogP contribution is -2.22. The van der Waals surface area contributed by atoms with Gasteiger partial charge in [-0.05, 0) is 31.0 Å². The fourth-order valence-electron chi connectivity index (χ4n) is 2.02. The molecular weight excluding hydrogens is 207 g/mol. The summed E-state index contributed by atoms with van der Waals surface area (Å²) in [5.74, 6) is -0.260. The van der Waals surface area contributed by atoms with Crippen molar-refractivity contribution in [1.29, 1.82) is 0 Å². The molecule has 0 aromatic heterocycles. The molecule has 1 aromatic rings. The number of hydrogen-bond donors (Lipinski definition) is 2. The number of nitrogens with zero attached hydrogens (tertiary/aromatic N) is 1. The van der Waals surface area contributed by atoms with Gasteiger partial charge in [-0.25, -0.2) is 4.39 Å². The van der Waals surface area contributed by atoms with E-state index in [9.17, 15) is 9.50 Å². The zero-order valence-corrected chi connectivity index (χ0v) is 9.36. The smallest absolute Gasteiger partial charge is 0.146 e. The molecule has 1 aromatic carbocycles. The molecule has 16 heavy (non-hydrogen) atoms. The van der Waals surface area contributed by atoms with Crippen molar-refractivity contribution in [2.24, 2.45) is 5.73 Å². The average Bonchev–Trinajstić information content (AvgIpc) is 2.64. The van der Waals surface area contributed by atoms with E-state index < -0.39 is 0 Å². The topological polar surface area (TPSA) is 49.5 Å². The van der Waals surface area contributed by atoms with Crippen LogP contribution in [-0.4, -0.2) is 24.3 Å². The number of nitrogens with two attached hydrogens (primary N) is 1. The van der Waals surface area contributed by atoms with Gasteiger partial charge in [-0.1, -0.05) is 6.07 Å². The van der Waals surface area contributed by atoms with E-state index >= 15 is 0 Å². The van der Waals surface area contributed by atoms with Crippen molar-refractivity contribution in [3.8, 4) is 0 Å². The Morgan fingerprint density at radius 3 is 2.81 bits per heavy atom. The molecule has 0 aliphatic carbocycles. The van der Waals surface area contributed by atoms with E-state index in [1.165, 1.54) is 6.07 Å². The minimum absolute atomic E-state index is 0.160. The number of aliphatic hydroxyl groups is 1. The summed E-state index contributed by atoms with van der Waals surface area (Å²) in [4.78, 5) is 1.87. The Hall–Kier alpha value is -1.13. The number of aliphatic hydroxyl groups excluding tert-OH is 1. The predicted molar refractivity (Wildman–Crippen MR) is 61.8 cm³/mol. The van der Waals surface area contributed by atoms with Gasteiger partial charge in [0.2, 0.25) is 0 Å². The molecule has 88 valence electrons. The molecule has 3 nitrogen and oxygen atoms in total. The zero-order chi connectivity index (χ0) is 11.7. The van der Waals surface area contributed by atoms with Gasteiger partial charge in [0.05, 0.1) is 11.8 Å². The van der Waals surface area contributed by atoms with Crippen molar-refractivity contribution < 1.29 is 9.50 Å². The van der Waals surface area contributed by atoms with Crippen LogP contribution >= 0.6 is 0 Å². The maximum atomic E-state index is 13.8. The predicted octanol–water partition coefficient (Wildman–Crippen LogP) is 1.42. The van der Waals surface area contributed by atoms with Gasteiger partial charge < -0.3 is 15.7 Å². The Balaban J connectivity index is 2.22. The van der Waals surface area contributed by atoms with E-state index in [4.69, 9.17) is 5.73 Å². The van der Waals surface area contributed by atoms with E-state index in [-0.39, 0.29) is 18.0 Å². The highest BCUT2D eigenvalue weighted by atomic mass is 19.1. The summed E-state index contributed by atoms with van der Waals surface area (Å²) in [5, 5.41) is 9.41. The molecule has 4 heteroatoms. The molecule has 2 atom stereocenters. The summed E-state index contributed by atoms with van der Waals surface area (Å²) in [7, 11) is 0. The zero-order valence-electron chi connectivity index (χ0n) is 9.36. The van der Waals surface area contributed by atoms with Crippen molar-refractivity contribution in [1.82, 2.24) is 0 Å². The lowest BCUT2D eigenvalue weighted by atomic mass is 10.1. The fourth-order valence-corrected chi connectivity index (χ4v) is 2.02. The van der Waals surface area contributed by atoms with Crippen molar-refractivity contribution in [3.63, 3.8) is 0 Å². The first-order valence-corrected chi connectivity index (χ1v) is 5.56. The molecular formula is C12H17FN2O. The Kier molecular flexibility index (Phi) is 3.12. The summed E-state index contributed by atoms with van der Waals surface area (Å²) >= 11 is 0. The lowest BCUT2D eigenvalue weighted by molar-refractivity contribution is 0.198. The molecule has 1 aliphatic rings. The van der Waals surface area contributed by atoms with Crippen LogP contribution in [-0.2, 0) is 0 Å². The highest BCUT2D eigenvalue weighted by Gasteiger charge is 2.22. The molecule has 2 rings (SSSR count). The van der Waals surface area contributed by atoms with Gasteiger partial charge >= 0.3 is 0 Å². The monoisotopic (exact) mass is 224 g/mol. The first-order valence-electron chi connectivity index (χ1n) is 5.56. The van der Waals surface area contributed by atoms with Crippen molar-refractivity contribution in [2.75, 3.05) is 18.0 Å².